The number of carbonyl (C=O) groups is 2. The number of likely N-dealkylation sites (tertiary alicyclic amines) is 1. The first-order valence-corrected chi connectivity index (χ1v) is 10.8. The Bertz CT molecular complexity index is 1060. The molecular weight excluding hydrogens is 413 g/mol. The molecule has 1 unspecified atom stereocenters. The molecule has 0 spiro atoms. The van der Waals surface area contributed by atoms with Crippen molar-refractivity contribution in [2.24, 2.45) is 0 Å². The van der Waals surface area contributed by atoms with E-state index in [1.54, 1.807) is 26.0 Å². The van der Waals surface area contributed by atoms with Crippen molar-refractivity contribution >= 4 is 17.4 Å². The molecule has 3 rings (SSSR count). The number of halogens is 1. The van der Waals surface area contributed by atoms with Crippen LogP contribution in [-0.2, 0) is 9.59 Å². The molecule has 1 heterocycles. The first kappa shape index (κ1) is 23.3. The molecule has 6 nitrogen and oxygen atoms in total. The number of amides is 1. The molecule has 1 amide bonds. The third kappa shape index (κ3) is 4.47. The van der Waals surface area contributed by atoms with Gasteiger partial charge in [0.1, 0.15) is 11.6 Å². The summed E-state index contributed by atoms with van der Waals surface area (Å²) < 4.78 is 19.2. The zero-order valence-corrected chi connectivity index (χ0v) is 18.5. The van der Waals surface area contributed by atoms with Crippen LogP contribution in [0, 0.1) is 12.7 Å². The molecule has 1 atom stereocenters. The van der Waals surface area contributed by atoms with Crippen LogP contribution in [0.5, 0.6) is 11.5 Å². The number of hydrogen-bond donors (Lipinski definition) is 2. The van der Waals surface area contributed by atoms with E-state index in [1.165, 1.54) is 29.2 Å². The lowest BCUT2D eigenvalue weighted by atomic mass is 9.94. The lowest BCUT2D eigenvalue weighted by Crippen LogP contribution is -2.30. The van der Waals surface area contributed by atoms with Gasteiger partial charge in [-0.05, 0) is 61.7 Å². The van der Waals surface area contributed by atoms with E-state index in [0.717, 1.165) is 12.8 Å². The smallest absolute Gasteiger partial charge is 0.295 e. The Morgan fingerprint density at radius 3 is 2.53 bits per heavy atom. The fraction of sp³-hybridized carbons (Fsp3) is 0.360. The van der Waals surface area contributed by atoms with Crippen LogP contribution in [-0.4, -0.2) is 40.0 Å². The Morgan fingerprint density at radius 1 is 1.12 bits per heavy atom. The predicted octanol–water partition coefficient (Wildman–Crippen LogP) is 4.85. The molecule has 1 saturated heterocycles. The monoisotopic (exact) mass is 441 g/mol. The van der Waals surface area contributed by atoms with Crippen molar-refractivity contribution in [3.8, 4) is 11.5 Å². The predicted molar refractivity (Wildman–Crippen MR) is 119 cm³/mol. The van der Waals surface area contributed by atoms with Gasteiger partial charge in [-0.2, -0.15) is 0 Å². The van der Waals surface area contributed by atoms with Crippen LogP contribution >= 0.6 is 0 Å². The average molecular weight is 441 g/mol. The summed E-state index contributed by atoms with van der Waals surface area (Å²) in [6.45, 7) is 6.04. The lowest BCUT2D eigenvalue weighted by molar-refractivity contribution is -0.139. The summed E-state index contributed by atoms with van der Waals surface area (Å²) in [4.78, 5) is 27.4. The Morgan fingerprint density at radius 2 is 1.88 bits per heavy atom. The number of Topliss-reactive ketones (excluding diaryl/α,β-unsaturated/α-hetero) is 1. The van der Waals surface area contributed by atoms with E-state index < -0.39 is 23.5 Å². The second-order valence-corrected chi connectivity index (χ2v) is 7.82. The van der Waals surface area contributed by atoms with E-state index in [4.69, 9.17) is 4.74 Å². The Balaban J connectivity index is 2.17. The Hall–Kier alpha value is -3.35. The standard InChI is InChI=1S/C25H28FNO5/c1-4-6-7-12-27-22(16-9-11-19(28)20(14-16)32-5-2)21(24(30)25(27)31)23(29)17-8-10-18(26)15(3)13-17/h8-11,13-14,22,28-29H,4-7,12H2,1-3H3/b23-21-. The molecule has 1 fully saturated rings. The second-order valence-electron chi connectivity index (χ2n) is 7.82. The third-order valence-corrected chi connectivity index (χ3v) is 5.57. The van der Waals surface area contributed by atoms with E-state index in [9.17, 15) is 24.2 Å². The van der Waals surface area contributed by atoms with Gasteiger partial charge >= 0.3 is 0 Å². The van der Waals surface area contributed by atoms with Gasteiger partial charge in [0, 0.05) is 12.1 Å². The summed E-state index contributed by atoms with van der Waals surface area (Å²) >= 11 is 0. The van der Waals surface area contributed by atoms with E-state index in [0.29, 0.717) is 30.7 Å². The summed E-state index contributed by atoms with van der Waals surface area (Å²) in [5.41, 5.74) is 1.03. The van der Waals surface area contributed by atoms with Crippen LogP contribution in [0.2, 0.25) is 0 Å². The van der Waals surface area contributed by atoms with Gasteiger partial charge in [0.05, 0.1) is 18.2 Å². The minimum Gasteiger partial charge on any atom is -0.507 e. The molecule has 170 valence electrons. The first-order chi connectivity index (χ1) is 15.3. The lowest BCUT2D eigenvalue weighted by Gasteiger charge is -2.26. The molecular formula is C25H28FNO5. The number of unbranched alkanes of at least 4 members (excludes halogenated alkanes) is 2. The molecule has 2 N–H and O–H groups in total. The number of aryl methyl sites for hydroxylation is 1. The molecule has 1 aliphatic heterocycles. The summed E-state index contributed by atoms with van der Waals surface area (Å²) in [5.74, 6) is -2.12. The summed E-state index contributed by atoms with van der Waals surface area (Å²) in [6.07, 6.45) is 2.52. The number of aliphatic hydroxyl groups is 1. The number of ether oxygens (including phenoxy) is 1. The average Bonchev–Trinajstić information content (AvgIpc) is 3.02. The summed E-state index contributed by atoms with van der Waals surface area (Å²) in [7, 11) is 0. The van der Waals surface area contributed by atoms with E-state index >= 15 is 0 Å². The van der Waals surface area contributed by atoms with E-state index in [-0.39, 0.29) is 28.4 Å². The van der Waals surface area contributed by atoms with Crippen LogP contribution in [0.15, 0.2) is 42.0 Å². The molecule has 7 heteroatoms. The quantitative estimate of drug-likeness (QED) is 0.265. The van der Waals surface area contributed by atoms with Gasteiger partial charge in [0.15, 0.2) is 11.5 Å². The van der Waals surface area contributed by atoms with E-state index in [2.05, 4.69) is 0 Å². The molecule has 1 aliphatic rings. The number of aromatic hydroxyl groups is 1. The molecule has 0 saturated carbocycles. The van der Waals surface area contributed by atoms with Crippen LogP contribution in [0.3, 0.4) is 0 Å². The number of nitrogens with zero attached hydrogens (tertiary/aromatic N) is 1. The normalized spacial score (nSPS) is 17.8. The van der Waals surface area contributed by atoms with Gasteiger partial charge in [-0.3, -0.25) is 9.59 Å². The fourth-order valence-corrected chi connectivity index (χ4v) is 3.91. The molecule has 0 aromatic heterocycles. The second kappa shape index (κ2) is 9.85. The van der Waals surface area contributed by atoms with Crippen LogP contribution < -0.4 is 4.74 Å². The van der Waals surface area contributed by atoms with Gasteiger partial charge < -0.3 is 19.8 Å². The number of phenolic OH excluding ortho intramolecular Hbond substituents is 1. The molecule has 0 radical (unpaired) electrons. The van der Waals surface area contributed by atoms with Crippen molar-refractivity contribution < 1.29 is 28.9 Å². The number of benzene rings is 2. The van der Waals surface area contributed by atoms with Crippen molar-refractivity contribution in [1.29, 1.82) is 0 Å². The zero-order chi connectivity index (χ0) is 23.4. The van der Waals surface area contributed by atoms with Crippen molar-refractivity contribution in [2.45, 2.75) is 46.1 Å². The SMILES string of the molecule is CCCCCN1C(=O)C(=O)/C(=C(\O)c2ccc(F)c(C)c2)C1c1ccc(O)c(OCC)c1. The maximum Gasteiger partial charge on any atom is 0.295 e. The Kier molecular flexibility index (Phi) is 7.18. The summed E-state index contributed by atoms with van der Waals surface area (Å²) in [5, 5.41) is 21.1. The zero-order valence-electron chi connectivity index (χ0n) is 18.5. The number of rotatable bonds is 8. The topological polar surface area (TPSA) is 87.1 Å². The first-order valence-electron chi connectivity index (χ1n) is 10.8. The maximum absolute atomic E-state index is 13.7. The van der Waals surface area contributed by atoms with Crippen LogP contribution in [0.1, 0.15) is 55.8 Å². The highest BCUT2D eigenvalue weighted by molar-refractivity contribution is 6.46. The number of ketones is 1. The third-order valence-electron chi connectivity index (χ3n) is 5.57. The minimum absolute atomic E-state index is 0.0623. The largest absolute Gasteiger partial charge is 0.507 e. The summed E-state index contributed by atoms with van der Waals surface area (Å²) in [6, 6.07) is 7.79. The van der Waals surface area contributed by atoms with Crippen molar-refractivity contribution in [2.75, 3.05) is 13.2 Å². The number of hydrogen-bond acceptors (Lipinski definition) is 5. The highest BCUT2D eigenvalue weighted by Gasteiger charge is 2.46. The van der Waals surface area contributed by atoms with Crippen molar-refractivity contribution in [3.05, 3.63) is 64.5 Å². The molecule has 2 aromatic carbocycles. The molecule has 2 aromatic rings. The fourth-order valence-electron chi connectivity index (χ4n) is 3.91. The van der Waals surface area contributed by atoms with Crippen LogP contribution in [0.4, 0.5) is 4.39 Å². The van der Waals surface area contributed by atoms with Gasteiger partial charge in [0.2, 0.25) is 0 Å². The number of phenols is 1. The van der Waals surface area contributed by atoms with Crippen molar-refractivity contribution in [3.63, 3.8) is 0 Å². The highest BCUT2D eigenvalue weighted by Crippen LogP contribution is 2.42. The van der Waals surface area contributed by atoms with Gasteiger partial charge in [-0.25, -0.2) is 4.39 Å². The molecule has 0 aliphatic carbocycles. The highest BCUT2D eigenvalue weighted by atomic mass is 19.1. The van der Waals surface area contributed by atoms with Crippen LogP contribution in [0.25, 0.3) is 5.76 Å². The van der Waals surface area contributed by atoms with Gasteiger partial charge in [-0.1, -0.05) is 25.8 Å². The number of aliphatic hydroxyl groups excluding tert-OH is 1. The van der Waals surface area contributed by atoms with Crippen molar-refractivity contribution in [1.82, 2.24) is 4.90 Å². The maximum atomic E-state index is 13.7. The molecule has 32 heavy (non-hydrogen) atoms. The minimum atomic E-state index is -0.850. The number of carbonyl (C=O) groups excluding carboxylic acids is 2. The molecule has 0 bridgehead atoms. The van der Waals surface area contributed by atoms with Gasteiger partial charge in [-0.15, -0.1) is 0 Å². The van der Waals surface area contributed by atoms with Gasteiger partial charge in [0.25, 0.3) is 11.7 Å². The van der Waals surface area contributed by atoms with E-state index in [1.807, 2.05) is 6.92 Å². The Labute approximate surface area is 186 Å².